The molecular formula is C28H34F3N5O2. The van der Waals surface area contributed by atoms with Crippen LogP contribution in [-0.4, -0.2) is 57.3 Å². The summed E-state index contributed by atoms with van der Waals surface area (Å²) in [5, 5.41) is 0. The maximum absolute atomic E-state index is 13.3. The standard InChI is InChI=1S/C28H34F3N5O2/c1-5-25(36-10-8-22-20(16-36)13-21(14-32-22)28(29,30)31)27(18-38-4)9-11-35(17-27)15-19-6-7-23-24(12-19)34(3)26(37)33(23)2/h5-7,12-14H,8-11,15-18H2,1-4H3/b25-5-. The van der Waals surface area contributed by atoms with Crippen molar-refractivity contribution in [1.29, 1.82) is 0 Å². The Hall–Kier alpha value is -3.11. The summed E-state index contributed by atoms with van der Waals surface area (Å²) in [6, 6.07) is 7.40. The smallest absolute Gasteiger partial charge is 0.384 e. The molecule has 3 aromatic rings. The van der Waals surface area contributed by atoms with Crippen LogP contribution in [0.25, 0.3) is 11.0 Å². The lowest BCUT2D eigenvalue weighted by Crippen LogP contribution is -2.42. The number of rotatable bonds is 6. The zero-order valence-electron chi connectivity index (χ0n) is 22.3. The number of nitrogens with zero attached hydrogens (tertiary/aromatic N) is 5. The van der Waals surface area contributed by atoms with Crippen molar-refractivity contribution in [2.75, 3.05) is 33.4 Å². The first-order valence-corrected chi connectivity index (χ1v) is 12.9. The monoisotopic (exact) mass is 529 g/mol. The largest absolute Gasteiger partial charge is 0.417 e. The first-order valence-electron chi connectivity index (χ1n) is 12.9. The summed E-state index contributed by atoms with van der Waals surface area (Å²) in [6.45, 7) is 6.01. The molecule has 0 N–H and O–H groups in total. The topological polar surface area (TPSA) is 55.5 Å². The molecule has 0 bridgehead atoms. The molecule has 1 unspecified atom stereocenters. The van der Waals surface area contributed by atoms with E-state index in [-0.39, 0.29) is 11.1 Å². The highest BCUT2D eigenvalue weighted by atomic mass is 19.4. The maximum Gasteiger partial charge on any atom is 0.417 e. The molecule has 1 saturated heterocycles. The third-order valence-electron chi connectivity index (χ3n) is 8.12. The number of benzene rings is 1. The summed E-state index contributed by atoms with van der Waals surface area (Å²) in [4.78, 5) is 21.1. The van der Waals surface area contributed by atoms with Gasteiger partial charge in [0.1, 0.15) is 0 Å². The van der Waals surface area contributed by atoms with Gasteiger partial charge in [-0.05, 0) is 49.2 Å². The molecule has 1 aromatic carbocycles. The molecule has 10 heteroatoms. The Morgan fingerprint density at radius 3 is 2.63 bits per heavy atom. The fraction of sp³-hybridized carbons (Fsp3) is 0.500. The van der Waals surface area contributed by atoms with Crippen molar-refractivity contribution in [1.82, 2.24) is 23.9 Å². The van der Waals surface area contributed by atoms with Crippen molar-refractivity contribution in [3.05, 3.63) is 75.1 Å². The minimum Gasteiger partial charge on any atom is -0.384 e. The second kappa shape index (κ2) is 9.89. The van der Waals surface area contributed by atoms with Crippen molar-refractivity contribution in [2.24, 2.45) is 19.5 Å². The zero-order valence-corrected chi connectivity index (χ0v) is 22.3. The van der Waals surface area contributed by atoms with Crippen LogP contribution in [-0.2, 0) is 44.5 Å². The van der Waals surface area contributed by atoms with Crippen LogP contribution in [0, 0.1) is 5.41 Å². The number of halogens is 3. The molecule has 0 saturated carbocycles. The molecule has 38 heavy (non-hydrogen) atoms. The van der Waals surface area contributed by atoms with Gasteiger partial charge in [-0.2, -0.15) is 13.2 Å². The minimum absolute atomic E-state index is 0.0455. The number of allylic oxidation sites excluding steroid dienone is 1. The van der Waals surface area contributed by atoms with Gasteiger partial charge in [0.25, 0.3) is 0 Å². The normalized spacial score (nSPS) is 20.9. The number of methoxy groups -OCH3 is 1. The second-order valence-electron chi connectivity index (χ2n) is 10.6. The lowest BCUT2D eigenvalue weighted by atomic mass is 9.82. The molecule has 0 spiro atoms. The van der Waals surface area contributed by atoms with Crippen LogP contribution in [0.3, 0.4) is 0 Å². The summed E-state index contributed by atoms with van der Waals surface area (Å²) in [6.07, 6.45) is 0.119. The molecule has 1 fully saturated rings. The predicted molar refractivity (Wildman–Crippen MR) is 139 cm³/mol. The van der Waals surface area contributed by atoms with Gasteiger partial charge in [0, 0.05) is 76.8 Å². The van der Waals surface area contributed by atoms with Crippen molar-refractivity contribution in [3.8, 4) is 0 Å². The fourth-order valence-corrected chi connectivity index (χ4v) is 6.29. The Kier molecular flexibility index (Phi) is 6.89. The average Bonchev–Trinajstić information content (AvgIpc) is 3.38. The van der Waals surface area contributed by atoms with Crippen molar-refractivity contribution in [2.45, 2.75) is 39.0 Å². The van der Waals surface area contributed by atoms with Crippen LogP contribution in [0.1, 0.15) is 35.7 Å². The van der Waals surface area contributed by atoms with Crippen molar-refractivity contribution in [3.63, 3.8) is 0 Å². The van der Waals surface area contributed by atoms with Gasteiger partial charge >= 0.3 is 11.9 Å². The molecule has 5 rings (SSSR count). The Morgan fingerprint density at radius 1 is 1.16 bits per heavy atom. The van der Waals surface area contributed by atoms with Crippen LogP contribution in [0.2, 0.25) is 0 Å². The fourth-order valence-electron chi connectivity index (χ4n) is 6.29. The van der Waals surface area contributed by atoms with Gasteiger partial charge in [-0.1, -0.05) is 12.1 Å². The highest BCUT2D eigenvalue weighted by Gasteiger charge is 2.44. The summed E-state index contributed by atoms with van der Waals surface area (Å²) in [7, 11) is 5.27. The van der Waals surface area contributed by atoms with Gasteiger partial charge in [-0.3, -0.25) is 19.0 Å². The van der Waals surface area contributed by atoms with E-state index in [9.17, 15) is 18.0 Å². The summed E-state index contributed by atoms with van der Waals surface area (Å²) >= 11 is 0. The van der Waals surface area contributed by atoms with E-state index in [1.807, 2.05) is 13.0 Å². The number of ether oxygens (including phenoxy) is 1. The summed E-state index contributed by atoms with van der Waals surface area (Å²) in [5.41, 5.74) is 4.42. The number of alkyl halides is 3. The molecule has 2 aliphatic heterocycles. The van der Waals surface area contributed by atoms with Crippen LogP contribution in [0.15, 0.2) is 47.0 Å². The first-order chi connectivity index (χ1) is 18.1. The van der Waals surface area contributed by atoms with E-state index < -0.39 is 11.7 Å². The van der Waals surface area contributed by atoms with Crippen molar-refractivity contribution >= 4 is 11.0 Å². The molecule has 2 aliphatic rings. The van der Waals surface area contributed by atoms with Gasteiger partial charge < -0.3 is 9.64 Å². The predicted octanol–water partition coefficient (Wildman–Crippen LogP) is 4.09. The Morgan fingerprint density at radius 2 is 1.92 bits per heavy atom. The lowest BCUT2D eigenvalue weighted by Gasteiger charge is -2.41. The Balaban J connectivity index is 1.37. The molecule has 2 aromatic heterocycles. The molecule has 0 radical (unpaired) electrons. The van der Waals surface area contributed by atoms with Gasteiger partial charge in [-0.25, -0.2) is 4.79 Å². The highest BCUT2D eigenvalue weighted by molar-refractivity contribution is 5.76. The maximum atomic E-state index is 13.3. The molecule has 1 atom stereocenters. The van der Waals surface area contributed by atoms with E-state index in [1.54, 1.807) is 30.3 Å². The number of likely N-dealkylation sites (tertiary alicyclic amines) is 1. The first kappa shape index (κ1) is 26.5. The zero-order chi connectivity index (χ0) is 27.2. The molecule has 0 amide bonds. The number of aromatic nitrogens is 3. The highest BCUT2D eigenvalue weighted by Crippen LogP contribution is 2.42. The van der Waals surface area contributed by atoms with E-state index >= 15 is 0 Å². The summed E-state index contributed by atoms with van der Waals surface area (Å²) in [5.74, 6) is 0. The van der Waals surface area contributed by atoms with E-state index in [0.717, 1.165) is 60.2 Å². The van der Waals surface area contributed by atoms with E-state index in [2.05, 4.69) is 33.0 Å². The van der Waals surface area contributed by atoms with Crippen molar-refractivity contribution < 1.29 is 17.9 Å². The number of aryl methyl sites for hydroxylation is 2. The number of imidazole rings is 1. The average molecular weight is 530 g/mol. The minimum atomic E-state index is -4.41. The summed E-state index contributed by atoms with van der Waals surface area (Å²) < 4.78 is 49.1. The van der Waals surface area contributed by atoms with E-state index in [0.29, 0.717) is 31.7 Å². The van der Waals surface area contributed by atoms with Gasteiger partial charge in [0.15, 0.2) is 0 Å². The third kappa shape index (κ3) is 4.64. The van der Waals surface area contributed by atoms with Crippen LogP contribution >= 0.6 is 0 Å². The third-order valence-corrected chi connectivity index (χ3v) is 8.12. The SMILES string of the molecule is C/C=C(\N1CCc2ncc(C(F)(F)F)cc2C1)C1(COC)CCN(Cc2ccc3c(c2)n(C)c(=O)n3C)C1. The number of hydrogen-bond donors (Lipinski definition) is 0. The van der Waals surface area contributed by atoms with E-state index in [4.69, 9.17) is 4.74 Å². The molecule has 0 aliphatic carbocycles. The number of hydrogen-bond acceptors (Lipinski definition) is 5. The number of fused-ring (bicyclic) bond motifs is 2. The number of pyridine rings is 1. The Labute approximate surface area is 220 Å². The van der Waals surface area contributed by atoms with Crippen LogP contribution in [0.4, 0.5) is 13.2 Å². The van der Waals surface area contributed by atoms with Gasteiger partial charge in [-0.15, -0.1) is 0 Å². The van der Waals surface area contributed by atoms with Crippen LogP contribution in [0.5, 0.6) is 0 Å². The Bertz CT molecular complexity index is 1440. The van der Waals surface area contributed by atoms with Gasteiger partial charge in [0.05, 0.1) is 23.2 Å². The molecule has 204 valence electrons. The van der Waals surface area contributed by atoms with Gasteiger partial charge in [0.2, 0.25) is 0 Å². The lowest BCUT2D eigenvalue weighted by molar-refractivity contribution is -0.137. The second-order valence-corrected chi connectivity index (χ2v) is 10.6. The quantitative estimate of drug-likeness (QED) is 0.482. The van der Waals surface area contributed by atoms with E-state index in [1.165, 1.54) is 6.07 Å². The molecule has 7 nitrogen and oxygen atoms in total. The molecule has 4 heterocycles. The molecular weight excluding hydrogens is 495 g/mol. The van der Waals surface area contributed by atoms with Crippen LogP contribution < -0.4 is 5.69 Å².